The molecule has 0 unspecified atom stereocenters. The lowest BCUT2D eigenvalue weighted by atomic mass is 9.90. The molecule has 0 saturated heterocycles. The van der Waals surface area contributed by atoms with E-state index in [0.29, 0.717) is 25.4 Å². The van der Waals surface area contributed by atoms with E-state index in [-0.39, 0.29) is 12.5 Å². The number of halogens is 1. The molecule has 5 nitrogen and oxygen atoms in total. The first-order chi connectivity index (χ1) is 16.2. The van der Waals surface area contributed by atoms with Crippen molar-refractivity contribution in [3.8, 4) is 11.5 Å². The third kappa shape index (κ3) is 5.88. The first kappa shape index (κ1) is 23.2. The number of fused-ring (bicyclic) bond motifs is 1. The number of aliphatic hydroxyl groups is 1. The second-order valence-electron chi connectivity index (χ2n) is 7.89. The third-order valence-electron chi connectivity index (χ3n) is 5.58. The molecule has 0 saturated carbocycles. The number of benzene rings is 3. The highest BCUT2D eigenvalue weighted by Crippen LogP contribution is 2.34. The molecule has 4 rings (SSSR count). The van der Waals surface area contributed by atoms with Gasteiger partial charge in [0.1, 0.15) is 24.2 Å². The van der Waals surface area contributed by atoms with Gasteiger partial charge in [-0.2, -0.15) is 0 Å². The smallest absolute Gasteiger partial charge is 0.119 e. The van der Waals surface area contributed by atoms with Gasteiger partial charge in [0, 0.05) is 41.1 Å². The number of aliphatic hydroxyl groups excluding tert-OH is 1. The van der Waals surface area contributed by atoms with Gasteiger partial charge in [0.15, 0.2) is 0 Å². The number of H-pyrrole nitrogens is 1. The number of aromatic amines is 1. The van der Waals surface area contributed by atoms with Crippen LogP contribution in [0.1, 0.15) is 24.0 Å². The van der Waals surface area contributed by atoms with E-state index in [1.165, 1.54) is 10.9 Å². The van der Waals surface area contributed by atoms with Gasteiger partial charge in [-0.05, 0) is 54.4 Å². The molecule has 172 valence electrons. The molecule has 1 heterocycles. The first-order valence-corrected chi connectivity index (χ1v) is 11.6. The number of ether oxygens (including phenoxy) is 2. The monoisotopic (exact) mass is 464 g/mol. The summed E-state index contributed by atoms with van der Waals surface area (Å²) >= 11 is 6.56. The molecular weight excluding hydrogens is 436 g/mol. The van der Waals surface area contributed by atoms with Crippen molar-refractivity contribution in [2.75, 3.05) is 26.3 Å². The topological polar surface area (TPSA) is 66.5 Å². The van der Waals surface area contributed by atoms with Crippen LogP contribution in [0.3, 0.4) is 0 Å². The number of rotatable bonds is 11. The molecule has 0 amide bonds. The van der Waals surface area contributed by atoms with Gasteiger partial charge in [-0.25, -0.2) is 0 Å². The Balaban J connectivity index is 1.38. The second-order valence-corrected chi connectivity index (χ2v) is 8.30. The van der Waals surface area contributed by atoms with E-state index in [1.807, 2.05) is 67.7 Å². The Morgan fingerprint density at radius 2 is 1.58 bits per heavy atom. The van der Waals surface area contributed by atoms with Gasteiger partial charge in [-0.15, -0.1) is 0 Å². The maximum absolute atomic E-state index is 10.4. The number of nitrogens with one attached hydrogen (secondary N) is 2. The van der Waals surface area contributed by atoms with Crippen LogP contribution in [0.15, 0.2) is 79.0 Å². The molecule has 0 aliphatic carbocycles. The van der Waals surface area contributed by atoms with Crippen LogP contribution in [0.2, 0.25) is 5.02 Å². The first-order valence-electron chi connectivity index (χ1n) is 11.2. The van der Waals surface area contributed by atoms with Crippen LogP contribution in [0, 0.1) is 0 Å². The minimum absolute atomic E-state index is 0.0362. The number of hydrogen-bond acceptors (Lipinski definition) is 4. The Labute approximate surface area is 199 Å². The zero-order chi connectivity index (χ0) is 23.0. The van der Waals surface area contributed by atoms with Crippen molar-refractivity contribution >= 4 is 22.5 Å². The molecule has 4 aromatic rings. The van der Waals surface area contributed by atoms with Gasteiger partial charge in [-0.1, -0.05) is 48.0 Å². The van der Waals surface area contributed by atoms with Gasteiger partial charge < -0.3 is 24.9 Å². The van der Waals surface area contributed by atoms with E-state index < -0.39 is 6.10 Å². The summed E-state index contributed by atoms with van der Waals surface area (Å²) in [4.78, 5) is 3.36. The third-order valence-corrected chi connectivity index (χ3v) is 5.93. The molecule has 3 aromatic carbocycles. The summed E-state index contributed by atoms with van der Waals surface area (Å²) in [5, 5.41) is 15.7. The highest BCUT2D eigenvalue weighted by Gasteiger charge is 2.20. The van der Waals surface area contributed by atoms with Crippen LogP contribution in [0.5, 0.6) is 11.5 Å². The SMILES string of the molecule is CCOc1ccc(OC[C@H](O)CNC[C@@H](c2ccccc2Cl)c2c[nH]c3ccccc23)cc1. The predicted octanol–water partition coefficient (Wildman–Crippen LogP) is 5.38. The predicted molar refractivity (Wildman–Crippen MR) is 134 cm³/mol. The quantitative estimate of drug-likeness (QED) is 0.279. The fourth-order valence-electron chi connectivity index (χ4n) is 3.97. The van der Waals surface area contributed by atoms with E-state index in [2.05, 4.69) is 28.5 Å². The molecule has 0 spiro atoms. The lowest BCUT2D eigenvalue weighted by Crippen LogP contribution is -2.34. The van der Waals surface area contributed by atoms with Crippen molar-refractivity contribution in [1.29, 1.82) is 0 Å². The minimum Gasteiger partial charge on any atom is -0.494 e. The molecule has 0 bridgehead atoms. The molecule has 0 aliphatic rings. The molecule has 3 N–H and O–H groups in total. The molecule has 6 heteroatoms. The summed E-state index contributed by atoms with van der Waals surface area (Å²) in [5.74, 6) is 1.54. The highest BCUT2D eigenvalue weighted by molar-refractivity contribution is 6.31. The van der Waals surface area contributed by atoms with Crippen molar-refractivity contribution in [3.63, 3.8) is 0 Å². The Kier molecular flexibility index (Phi) is 7.89. The molecular formula is C27H29ClN2O3. The van der Waals surface area contributed by atoms with E-state index in [4.69, 9.17) is 21.1 Å². The molecule has 2 atom stereocenters. The maximum Gasteiger partial charge on any atom is 0.119 e. The van der Waals surface area contributed by atoms with E-state index in [9.17, 15) is 5.11 Å². The van der Waals surface area contributed by atoms with E-state index in [1.54, 1.807) is 0 Å². The van der Waals surface area contributed by atoms with Crippen LogP contribution in [-0.2, 0) is 0 Å². The van der Waals surface area contributed by atoms with Crippen molar-refractivity contribution in [1.82, 2.24) is 10.3 Å². The van der Waals surface area contributed by atoms with Gasteiger partial charge in [0.2, 0.25) is 0 Å². The second kappa shape index (κ2) is 11.2. The van der Waals surface area contributed by atoms with Crippen molar-refractivity contribution in [2.24, 2.45) is 0 Å². The Hall–Kier alpha value is -2.99. The zero-order valence-electron chi connectivity index (χ0n) is 18.6. The molecule has 33 heavy (non-hydrogen) atoms. The van der Waals surface area contributed by atoms with Gasteiger partial charge in [0.05, 0.1) is 6.61 Å². The number of hydrogen-bond donors (Lipinski definition) is 3. The van der Waals surface area contributed by atoms with Crippen LogP contribution in [0.4, 0.5) is 0 Å². The van der Waals surface area contributed by atoms with E-state index in [0.717, 1.165) is 21.9 Å². The maximum atomic E-state index is 10.4. The normalized spacial score (nSPS) is 13.1. The summed E-state index contributed by atoms with van der Waals surface area (Å²) in [5.41, 5.74) is 3.32. The highest BCUT2D eigenvalue weighted by atomic mass is 35.5. The lowest BCUT2D eigenvalue weighted by Gasteiger charge is -2.21. The van der Waals surface area contributed by atoms with Crippen LogP contribution < -0.4 is 14.8 Å². The fraction of sp³-hybridized carbons (Fsp3) is 0.259. The van der Waals surface area contributed by atoms with Gasteiger partial charge in [0.25, 0.3) is 0 Å². The average molecular weight is 465 g/mol. The Bertz CT molecular complexity index is 1160. The Morgan fingerprint density at radius 3 is 2.33 bits per heavy atom. The average Bonchev–Trinajstić information content (AvgIpc) is 3.26. The fourth-order valence-corrected chi connectivity index (χ4v) is 4.24. The summed E-state index contributed by atoms with van der Waals surface area (Å²) in [6, 6.07) is 23.6. The molecule has 0 fully saturated rings. The summed E-state index contributed by atoms with van der Waals surface area (Å²) < 4.78 is 11.2. The summed E-state index contributed by atoms with van der Waals surface area (Å²) in [6.45, 7) is 3.80. The van der Waals surface area contributed by atoms with E-state index >= 15 is 0 Å². The van der Waals surface area contributed by atoms with Crippen LogP contribution >= 0.6 is 11.6 Å². The summed E-state index contributed by atoms with van der Waals surface area (Å²) in [6.07, 6.45) is 1.40. The summed E-state index contributed by atoms with van der Waals surface area (Å²) in [7, 11) is 0. The Morgan fingerprint density at radius 1 is 0.879 bits per heavy atom. The van der Waals surface area contributed by atoms with Crippen LogP contribution in [0.25, 0.3) is 10.9 Å². The van der Waals surface area contributed by atoms with Crippen molar-refractivity contribution in [2.45, 2.75) is 18.9 Å². The van der Waals surface area contributed by atoms with Gasteiger partial charge in [-0.3, -0.25) is 0 Å². The van der Waals surface area contributed by atoms with Crippen LogP contribution in [-0.4, -0.2) is 42.5 Å². The molecule has 0 radical (unpaired) electrons. The molecule has 1 aromatic heterocycles. The van der Waals surface area contributed by atoms with Crippen molar-refractivity contribution < 1.29 is 14.6 Å². The van der Waals surface area contributed by atoms with Gasteiger partial charge >= 0.3 is 0 Å². The lowest BCUT2D eigenvalue weighted by molar-refractivity contribution is 0.106. The standard InChI is InChI=1S/C27H29ClN2O3/c1-2-32-20-11-13-21(14-12-20)33-18-19(31)15-29-16-24(22-7-3-5-9-26(22)28)25-17-30-27-10-6-4-8-23(25)27/h3-14,17,19,24,29-31H,2,15-16,18H2,1H3/t19-,24+/m1/s1. The van der Waals surface area contributed by atoms with Crippen molar-refractivity contribution in [3.05, 3.63) is 95.1 Å². The zero-order valence-corrected chi connectivity index (χ0v) is 19.4. The number of aromatic nitrogens is 1. The number of para-hydroxylation sites is 1. The molecule has 0 aliphatic heterocycles. The minimum atomic E-state index is -0.647. The largest absolute Gasteiger partial charge is 0.494 e.